The first-order valence-corrected chi connectivity index (χ1v) is 36.5. The number of benzene rings is 16. The Bertz CT molecular complexity index is 7560. The van der Waals surface area contributed by atoms with E-state index < -0.39 is 7.12 Å². The highest BCUT2D eigenvalue weighted by atomic mass is 79.9. The van der Waals surface area contributed by atoms with E-state index >= 15 is 0 Å². The van der Waals surface area contributed by atoms with Gasteiger partial charge in [0.2, 0.25) is 0 Å². The van der Waals surface area contributed by atoms with Crippen LogP contribution in [-0.2, 0) is 0 Å². The summed E-state index contributed by atoms with van der Waals surface area (Å²) in [4.78, 5) is 0. The Morgan fingerprint density at radius 3 is 0.582 bits per heavy atom. The van der Waals surface area contributed by atoms with Crippen LogP contribution in [0.25, 0.3) is 231 Å². The molecule has 0 spiro atoms. The molecule has 0 aliphatic carbocycles. The van der Waals surface area contributed by atoms with Crippen LogP contribution in [0.4, 0.5) is 0 Å². The van der Waals surface area contributed by atoms with Gasteiger partial charge in [-0.05, 0) is 207 Å². The zero-order valence-electron chi connectivity index (χ0n) is 57.1. The monoisotopic (exact) mass is 1490 g/mol. The summed E-state index contributed by atoms with van der Waals surface area (Å²) in [6.45, 7) is 0. The predicted octanol–water partition coefficient (Wildman–Crippen LogP) is 28.3. The molecule has 0 radical (unpaired) electrons. The molecule has 2 N–H and O–H groups in total. The number of hydrogen-bond acceptors (Lipinski definition) is 10. The van der Waals surface area contributed by atoms with Gasteiger partial charge in [0.25, 0.3) is 0 Å². The molecule has 0 bridgehead atoms. The summed E-state index contributed by atoms with van der Waals surface area (Å²) in [6, 6.07) is 108. The van der Waals surface area contributed by atoms with Gasteiger partial charge in [0.15, 0.2) is 0 Å². The maximum atomic E-state index is 9.49. The standard InChI is InChI=1S/C48H26O4.C24H15BO4.C24H13BrO2.2CH4/c1-3-7-27(8-4-1)29-11-15-41-33(19-29)37-23-47-39(25-45(37)49-41)35-21-31(13-17-43(35)51-47)32-14-18-44-36(22-32)40-26-46-38(24-48(40)52-44)34-20-30(12-16-42(34)50-46)28-9-5-2-6-10-28;26-25(27)16-7-9-22-18(11-16)20-13-23-19(12-24(20)29-22)17-10-15(6-8-21(17)28-23)14-4-2-1-3-5-14;25-16-7-9-22-18(11-16)20-13-23-19(12-24(20)27-22)17-10-15(6-8-21(17)26-23)14-4-2-1-3-5-14;;/h1-26H;1-13,26-27H;1-13H;2*1H4. The normalized spacial score (nSPS) is 11.8. The van der Waals surface area contributed by atoms with Crippen LogP contribution in [0.5, 0.6) is 0 Å². The van der Waals surface area contributed by atoms with E-state index in [1.165, 1.54) is 22.3 Å². The minimum atomic E-state index is -1.52. The second-order valence-electron chi connectivity index (χ2n) is 27.7. The van der Waals surface area contributed by atoms with E-state index in [1.54, 1.807) is 18.2 Å². The Kier molecular flexibility index (Phi) is 15.5. The molecule has 0 aliphatic rings. The maximum absolute atomic E-state index is 9.49. The van der Waals surface area contributed by atoms with E-state index in [0.717, 1.165) is 208 Å². The molecular weight excluding hydrogens is 1430 g/mol. The fourth-order valence-electron chi connectivity index (χ4n) is 15.9. The number of furan rings is 8. The first-order chi connectivity index (χ1) is 53.1. The van der Waals surface area contributed by atoms with Gasteiger partial charge in [0.1, 0.15) is 89.3 Å². The Balaban J connectivity index is 0.000000116. The molecule has 0 atom stereocenters. The molecule has 0 amide bonds. The molecule has 16 aromatic carbocycles. The highest BCUT2D eigenvalue weighted by Crippen LogP contribution is 2.45. The maximum Gasteiger partial charge on any atom is 0.488 e. The fraction of sp³-hybridized carbons (Fsp3) is 0.0204. The summed E-state index contributed by atoms with van der Waals surface area (Å²) in [5.41, 5.74) is 25.3. The largest absolute Gasteiger partial charge is 0.488 e. The molecule has 0 saturated heterocycles. The van der Waals surface area contributed by atoms with E-state index in [4.69, 9.17) is 35.3 Å². The summed E-state index contributed by atoms with van der Waals surface area (Å²) < 4.78 is 51.0. The van der Waals surface area contributed by atoms with Gasteiger partial charge in [0.05, 0.1) is 0 Å². The van der Waals surface area contributed by atoms with E-state index in [-0.39, 0.29) is 14.9 Å². The van der Waals surface area contributed by atoms with E-state index in [1.807, 2.05) is 72.8 Å². The Morgan fingerprint density at radius 2 is 0.355 bits per heavy atom. The SMILES string of the molecule is Brc1ccc2oc3cc4c(cc3c2c1)oc1ccc(-c2ccccc2)cc14.C.C.OB(O)c1ccc2oc3cc4c(cc3c2c1)oc1ccc(-c2ccccc2)cc14.c1ccc(-c2ccc3oc4cc5c(cc4c3c2)oc2ccc(-c3ccc4oc6cc7c(cc6c4c3)oc3ccc(-c4ccccc4)cc37)cc25)cc1. The molecule has 24 rings (SSSR count). The summed E-state index contributed by atoms with van der Waals surface area (Å²) in [5.74, 6) is 0. The molecule has 10 nitrogen and oxygen atoms in total. The van der Waals surface area contributed by atoms with Crippen LogP contribution >= 0.6 is 15.9 Å². The quantitative estimate of drug-likeness (QED) is 0.154. The number of halogens is 1. The van der Waals surface area contributed by atoms with Gasteiger partial charge >= 0.3 is 7.12 Å². The summed E-state index contributed by atoms with van der Waals surface area (Å²) in [5, 5.41) is 35.5. The summed E-state index contributed by atoms with van der Waals surface area (Å²) in [6.07, 6.45) is 0. The third-order valence-corrected chi connectivity index (χ3v) is 21.8. The summed E-state index contributed by atoms with van der Waals surface area (Å²) >= 11 is 3.55. The molecule has 0 fully saturated rings. The van der Waals surface area contributed by atoms with Gasteiger partial charge in [-0.25, -0.2) is 0 Å². The van der Waals surface area contributed by atoms with E-state index in [2.05, 4.69) is 240 Å². The van der Waals surface area contributed by atoms with Crippen molar-refractivity contribution >= 4 is 204 Å². The van der Waals surface area contributed by atoms with Crippen LogP contribution < -0.4 is 5.46 Å². The van der Waals surface area contributed by atoms with Crippen molar-refractivity contribution in [2.75, 3.05) is 0 Å². The van der Waals surface area contributed by atoms with Crippen LogP contribution in [0.3, 0.4) is 0 Å². The van der Waals surface area contributed by atoms with E-state index in [0.29, 0.717) is 11.0 Å². The molecule has 12 heteroatoms. The number of fused-ring (bicyclic) bond motifs is 24. The van der Waals surface area contributed by atoms with Crippen molar-refractivity contribution in [3.63, 3.8) is 0 Å². The zero-order valence-corrected chi connectivity index (χ0v) is 58.7. The van der Waals surface area contributed by atoms with Gasteiger partial charge in [-0.15, -0.1) is 0 Å². The van der Waals surface area contributed by atoms with Crippen molar-refractivity contribution in [1.29, 1.82) is 0 Å². The number of rotatable bonds is 6. The number of hydrogen-bond donors (Lipinski definition) is 2. The molecule has 8 heterocycles. The average Bonchev–Trinajstić information content (AvgIpc) is 1.60. The van der Waals surface area contributed by atoms with Crippen LogP contribution in [0.2, 0.25) is 0 Å². The van der Waals surface area contributed by atoms with Crippen LogP contribution in [0, 0.1) is 0 Å². The van der Waals surface area contributed by atoms with Crippen LogP contribution in [0.1, 0.15) is 14.9 Å². The second kappa shape index (κ2) is 25.8. The average molecular weight is 1490 g/mol. The first kappa shape index (κ1) is 65.9. The highest BCUT2D eigenvalue weighted by Gasteiger charge is 2.22. The lowest BCUT2D eigenvalue weighted by Crippen LogP contribution is -2.29. The van der Waals surface area contributed by atoms with Crippen molar-refractivity contribution in [3.8, 4) is 55.6 Å². The van der Waals surface area contributed by atoms with Gasteiger partial charge in [-0.2, -0.15) is 0 Å². The van der Waals surface area contributed by atoms with Crippen molar-refractivity contribution in [1.82, 2.24) is 0 Å². The third-order valence-electron chi connectivity index (χ3n) is 21.3. The zero-order chi connectivity index (χ0) is 71.4. The molecule has 0 unspecified atom stereocenters. The molecule has 24 aromatic rings. The van der Waals surface area contributed by atoms with Crippen LogP contribution in [-0.4, -0.2) is 17.2 Å². The molecular formula is C98H62BBrO10. The van der Waals surface area contributed by atoms with Crippen molar-refractivity contribution in [2.24, 2.45) is 0 Å². The smallest absolute Gasteiger partial charge is 0.456 e. The molecule has 8 aromatic heterocycles. The Hall–Kier alpha value is -13.6. The molecule has 524 valence electrons. The van der Waals surface area contributed by atoms with Crippen molar-refractivity contribution in [2.45, 2.75) is 14.9 Å². The Morgan fingerprint density at radius 1 is 0.173 bits per heavy atom. The third kappa shape index (κ3) is 10.9. The lowest BCUT2D eigenvalue weighted by atomic mass is 9.80. The van der Waals surface area contributed by atoms with Gasteiger partial charge in [-0.3, -0.25) is 0 Å². The van der Waals surface area contributed by atoms with Gasteiger partial charge < -0.3 is 45.4 Å². The minimum Gasteiger partial charge on any atom is -0.456 e. The van der Waals surface area contributed by atoms with Crippen LogP contribution in [0.15, 0.2) is 355 Å². The minimum absolute atomic E-state index is 0. The first-order valence-electron chi connectivity index (χ1n) is 35.7. The second-order valence-corrected chi connectivity index (χ2v) is 28.6. The van der Waals surface area contributed by atoms with E-state index in [9.17, 15) is 10.0 Å². The topological polar surface area (TPSA) is 146 Å². The van der Waals surface area contributed by atoms with Crippen molar-refractivity contribution < 1.29 is 45.4 Å². The van der Waals surface area contributed by atoms with Crippen molar-refractivity contribution in [3.05, 3.63) is 320 Å². The predicted molar refractivity (Wildman–Crippen MR) is 456 cm³/mol. The lowest BCUT2D eigenvalue weighted by Gasteiger charge is -2.02. The fourth-order valence-corrected chi connectivity index (χ4v) is 16.3. The van der Waals surface area contributed by atoms with Gasteiger partial charge in [-0.1, -0.05) is 201 Å². The Labute approximate surface area is 635 Å². The summed E-state index contributed by atoms with van der Waals surface area (Å²) in [7, 11) is -1.52. The lowest BCUT2D eigenvalue weighted by molar-refractivity contribution is 0.426. The molecule has 0 saturated carbocycles. The molecule has 110 heavy (non-hydrogen) atoms. The molecule has 0 aliphatic heterocycles. The highest BCUT2D eigenvalue weighted by molar-refractivity contribution is 9.10. The van der Waals surface area contributed by atoms with Gasteiger partial charge in [0, 0.05) is 90.7 Å².